The number of aromatic nitrogens is 2. The van der Waals surface area contributed by atoms with E-state index >= 15 is 0 Å². The van der Waals surface area contributed by atoms with Gasteiger partial charge in [0, 0.05) is 49.3 Å². The van der Waals surface area contributed by atoms with E-state index in [1.165, 1.54) is 4.90 Å². The number of carbonyl (C=O) groups excluding carboxylic acids is 2. The standard InChI is InChI=1S/C28H43N5O5.C2H6/c1-7-33-24(10-11-29-33)20-8-9-22(26(14-20)38-13-12-31(5)6)23(17-34)30-27(36)25-15-21(35)16-32(25)28(37)19(4)18(2)3;1-2/h8-11,14,18-19,21,23,25,34-35H,7,12-13,15-17H2,1-6H3,(H,30,36);1-2H3. The lowest BCUT2D eigenvalue weighted by molar-refractivity contribution is -0.142. The molecule has 3 N–H and O–H groups in total. The van der Waals surface area contributed by atoms with Crippen LogP contribution in [0.2, 0.25) is 0 Å². The summed E-state index contributed by atoms with van der Waals surface area (Å²) in [6.07, 6.45) is 1.14. The third-order valence-corrected chi connectivity index (χ3v) is 7.25. The highest BCUT2D eigenvalue weighted by Gasteiger charge is 2.41. The molecule has 0 saturated carbocycles. The van der Waals surface area contributed by atoms with E-state index in [-0.39, 0.29) is 37.3 Å². The molecule has 10 heteroatoms. The number of β-amino-alcohol motifs (C(OH)–C–C–N with tert-alkyl or cyclic N) is 1. The average molecular weight is 560 g/mol. The Morgan fingerprint density at radius 1 is 1.20 bits per heavy atom. The molecule has 1 fully saturated rings. The number of nitrogens with one attached hydrogen (secondary N) is 1. The molecule has 40 heavy (non-hydrogen) atoms. The predicted octanol–water partition coefficient (Wildman–Crippen LogP) is 2.94. The third-order valence-electron chi connectivity index (χ3n) is 7.25. The number of nitrogens with zero attached hydrogens (tertiary/aromatic N) is 4. The summed E-state index contributed by atoms with van der Waals surface area (Å²) < 4.78 is 8.03. The topological polar surface area (TPSA) is 120 Å². The molecule has 1 aliphatic rings. The normalized spacial score (nSPS) is 18.4. The molecule has 1 aromatic carbocycles. The number of aliphatic hydroxyl groups is 2. The van der Waals surface area contributed by atoms with Crippen LogP contribution in [0.15, 0.2) is 30.5 Å². The number of ether oxygens (including phenoxy) is 1. The van der Waals surface area contributed by atoms with Crippen molar-refractivity contribution in [2.24, 2.45) is 11.8 Å². The summed E-state index contributed by atoms with van der Waals surface area (Å²) in [7, 11) is 3.92. The van der Waals surface area contributed by atoms with Gasteiger partial charge in [0.05, 0.1) is 24.4 Å². The maximum atomic E-state index is 13.4. The van der Waals surface area contributed by atoms with Crippen molar-refractivity contribution < 1.29 is 24.5 Å². The number of hydrogen-bond acceptors (Lipinski definition) is 7. The minimum atomic E-state index is -0.802. The number of aryl methyl sites for hydroxylation is 1. The van der Waals surface area contributed by atoms with Crippen LogP contribution >= 0.6 is 0 Å². The van der Waals surface area contributed by atoms with Crippen molar-refractivity contribution in [1.29, 1.82) is 0 Å². The van der Waals surface area contributed by atoms with Gasteiger partial charge in [0.25, 0.3) is 0 Å². The number of aliphatic hydroxyl groups excluding tert-OH is 2. The van der Waals surface area contributed by atoms with Gasteiger partial charge >= 0.3 is 0 Å². The number of rotatable bonds is 12. The van der Waals surface area contributed by atoms with Crippen LogP contribution < -0.4 is 10.1 Å². The maximum Gasteiger partial charge on any atom is 0.243 e. The fraction of sp³-hybridized carbons (Fsp3) is 0.633. The molecule has 0 radical (unpaired) electrons. The van der Waals surface area contributed by atoms with Crippen LogP contribution in [-0.4, -0.2) is 94.2 Å². The first kappa shape index (κ1) is 33.3. The highest BCUT2D eigenvalue weighted by Crippen LogP contribution is 2.32. The molecule has 2 amide bonds. The van der Waals surface area contributed by atoms with Crippen LogP contribution in [0.25, 0.3) is 11.3 Å². The zero-order valence-electron chi connectivity index (χ0n) is 25.4. The number of carbonyl (C=O) groups is 2. The molecule has 1 aromatic heterocycles. The number of benzene rings is 1. The third kappa shape index (κ3) is 8.28. The van der Waals surface area contributed by atoms with E-state index < -0.39 is 24.1 Å². The quantitative estimate of drug-likeness (QED) is 0.366. The summed E-state index contributed by atoms with van der Waals surface area (Å²) in [6.45, 7) is 13.4. The van der Waals surface area contributed by atoms with Crippen LogP contribution in [0.1, 0.15) is 59.6 Å². The fourth-order valence-corrected chi connectivity index (χ4v) is 4.62. The molecule has 2 aromatic rings. The van der Waals surface area contributed by atoms with Crippen molar-refractivity contribution in [2.45, 2.75) is 72.7 Å². The van der Waals surface area contributed by atoms with Crippen molar-refractivity contribution in [2.75, 3.05) is 40.4 Å². The Balaban J connectivity index is 0.00000274. The molecule has 224 valence electrons. The van der Waals surface area contributed by atoms with Gasteiger partial charge in [-0.15, -0.1) is 0 Å². The smallest absolute Gasteiger partial charge is 0.243 e. The Hall–Kier alpha value is -2.95. The zero-order chi connectivity index (χ0) is 30.0. The summed E-state index contributed by atoms with van der Waals surface area (Å²) in [6, 6.07) is 6.06. The van der Waals surface area contributed by atoms with E-state index in [0.29, 0.717) is 31.0 Å². The van der Waals surface area contributed by atoms with Crippen molar-refractivity contribution in [3.05, 3.63) is 36.0 Å². The number of amides is 2. The lowest BCUT2D eigenvalue weighted by Gasteiger charge is -2.29. The largest absolute Gasteiger partial charge is 0.492 e. The zero-order valence-corrected chi connectivity index (χ0v) is 25.4. The number of likely N-dealkylation sites (tertiary alicyclic amines) is 1. The predicted molar refractivity (Wildman–Crippen MR) is 157 cm³/mol. The van der Waals surface area contributed by atoms with E-state index in [1.807, 2.05) is 89.5 Å². The van der Waals surface area contributed by atoms with Crippen molar-refractivity contribution in [3.8, 4) is 17.0 Å². The van der Waals surface area contributed by atoms with E-state index in [1.54, 1.807) is 6.20 Å². The minimum Gasteiger partial charge on any atom is -0.492 e. The van der Waals surface area contributed by atoms with E-state index in [9.17, 15) is 19.8 Å². The van der Waals surface area contributed by atoms with E-state index in [0.717, 1.165) is 11.3 Å². The van der Waals surface area contributed by atoms with Crippen LogP contribution in [-0.2, 0) is 16.1 Å². The molecule has 0 bridgehead atoms. The van der Waals surface area contributed by atoms with Crippen molar-refractivity contribution in [1.82, 2.24) is 24.9 Å². The lowest BCUT2D eigenvalue weighted by atomic mass is 9.96. The number of likely N-dealkylation sites (N-methyl/N-ethyl adjacent to an activating group) is 1. The molecular weight excluding hydrogens is 510 g/mol. The van der Waals surface area contributed by atoms with Crippen LogP contribution in [0, 0.1) is 11.8 Å². The Morgan fingerprint density at radius 3 is 2.50 bits per heavy atom. The van der Waals surface area contributed by atoms with Gasteiger partial charge in [-0.05, 0) is 39.1 Å². The van der Waals surface area contributed by atoms with Gasteiger partial charge in [0.15, 0.2) is 0 Å². The van der Waals surface area contributed by atoms with Crippen LogP contribution in [0.4, 0.5) is 0 Å². The van der Waals surface area contributed by atoms with E-state index in [4.69, 9.17) is 4.74 Å². The second-order valence-electron chi connectivity index (χ2n) is 10.6. The molecular formula is C30H49N5O5. The van der Waals surface area contributed by atoms with Crippen LogP contribution in [0.5, 0.6) is 5.75 Å². The molecule has 2 heterocycles. The summed E-state index contributed by atoms with van der Waals surface area (Å²) in [5, 5.41) is 27.9. The molecule has 10 nitrogen and oxygen atoms in total. The summed E-state index contributed by atoms with van der Waals surface area (Å²) in [5.41, 5.74) is 2.49. The SMILES string of the molecule is CC.CCn1nccc1-c1ccc(C(CO)NC(=O)C2CC(O)CN2C(=O)C(C)C(C)C)c(OCCN(C)C)c1. The first-order valence-corrected chi connectivity index (χ1v) is 14.4. The van der Waals surface area contributed by atoms with Gasteiger partial charge in [-0.1, -0.05) is 46.8 Å². The van der Waals surface area contributed by atoms with Crippen molar-refractivity contribution >= 4 is 11.8 Å². The highest BCUT2D eigenvalue weighted by molar-refractivity contribution is 5.89. The van der Waals surface area contributed by atoms with Gasteiger partial charge in [0.2, 0.25) is 11.8 Å². The number of hydrogen-bond donors (Lipinski definition) is 3. The molecule has 1 saturated heterocycles. The summed E-state index contributed by atoms with van der Waals surface area (Å²) in [4.78, 5) is 29.9. The molecule has 1 aliphatic heterocycles. The maximum absolute atomic E-state index is 13.4. The monoisotopic (exact) mass is 559 g/mol. The minimum absolute atomic E-state index is 0.110. The first-order chi connectivity index (χ1) is 19.1. The molecule has 4 atom stereocenters. The van der Waals surface area contributed by atoms with Gasteiger partial charge in [-0.25, -0.2) is 0 Å². The lowest BCUT2D eigenvalue weighted by Crippen LogP contribution is -2.49. The Morgan fingerprint density at radius 2 is 1.90 bits per heavy atom. The molecule has 4 unspecified atom stereocenters. The highest BCUT2D eigenvalue weighted by atomic mass is 16.5. The Bertz CT molecular complexity index is 1090. The van der Waals surface area contributed by atoms with Crippen LogP contribution in [0.3, 0.4) is 0 Å². The summed E-state index contributed by atoms with van der Waals surface area (Å²) >= 11 is 0. The fourth-order valence-electron chi connectivity index (χ4n) is 4.62. The molecule has 3 rings (SSSR count). The Labute approximate surface area is 239 Å². The van der Waals surface area contributed by atoms with Crippen molar-refractivity contribution in [3.63, 3.8) is 0 Å². The second kappa shape index (κ2) is 15.7. The Kier molecular flexibility index (Phi) is 13.1. The van der Waals surface area contributed by atoms with E-state index in [2.05, 4.69) is 10.4 Å². The first-order valence-electron chi connectivity index (χ1n) is 14.4. The average Bonchev–Trinajstić information content (AvgIpc) is 3.58. The molecule has 0 spiro atoms. The van der Waals surface area contributed by atoms with Gasteiger partial charge in [-0.2, -0.15) is 5.10 Å². The second-order valence-corrected chi connectivity index (χ2v) is 10.6. The van der Waals surface area contributed by atoms with Gasteiger partial charge in [0.1, 0.15) is 18.4 Å². The molecule has 0 aliphatic carbocycles. The van der Waals surface area contributed by atoms with Gasteiger partial charge < -0.3 is 30.1 Å². The summed E-state index contributed by atoms with van der Waals surface area (Å²) in [5.74, 6) is -0.164. The van der Waals surface area contributed by atoms with Gasteiger partial charge in [-0.3, -0.25) is 14.3 Å².